The number of benzene rings is 1. The second-order valence-corrected chi connectivity index (χ2v) is 9.71. The molecule has 1 aliphatic heterocycles. The Hall–Kier alpha value is -1.54. The number of alkyl halides is 2. The average molecular weight is 415 g/mol. The van der Waals surface area contributed by atoms with Gasteiger partial charge in [0.25, 0.3) is 0 Å². The summed E-state index contributed by atoms with van der Waals surface area (Å²) < 4.78 is 48.1. The Kier molecular flexibility index (Phi) is 7.04. The molecule has 1 heterocycles. The zero-order chi connectivity index (χ0) is 20.1. The number of hydrogen-bond acceptors (Lipinski definition) is 4. The quantitative estimate of drug-likeness (QED) is 0.687. The lowest BCUT2D eigenvalue weighted by molar-refractivity contribution is -0.133. The van der Waals surface area contributed by atoms with E-state index in [1.54, 1.807) is 12.1 Å². The SMILES string of the molecule is O=C(CCC1CCCC1)N1CCN(Cc2ccc(S(=O)(=O)C(F)F)cc2)CC1. The van der Waals surface area contributed by atoms with Gasteiger partial charge in [-0.2, -0.15) is 8.78 Å². The minimum Gasteiger partial charge on any atom is -0.340 e. The van der Waals surface area contributed by atoms with Crippen LogP contribution in [0.1, 0.15) is 44.1 Å². The molecule has 1 saturated carbocycles. The Balaban J connectivity index is 1.44. The first-order chi connectivity index (χ1) is 13.4. The van der Waals surface area contributed by atoms with Crippen LogP contribution in [0.5, 0.6) is 0 Å². The van der Waals surface area contributed by atoms with E-state index in [-0.39, 0.29) is 10.8 Å². The molecule has 8 heteroatoms. The van der Waals surface area contributed by atoms with Crippen LogP contribution in [-0.2, 0) is 21.2 Å². The highest BCUT2D eigenvalue weighted by Crippen LogP contribution is 2.28. The van der Waals surface area contributed by atoms with Gasteiger partial charge in [-0.1, -0.05) is 37.8 Å². The highest BCUT2D eigenvalue weighted by molar-refractivity contribution is 7.91. The van der Waals surface area contributed by atoms with Crippen molar-refractivity contribution in [1.29, 1.82) is 0 Å². The Morgan fingerprint density at radius 3 is 2.21 bits per heavy atom. The van der Waals surface area contributed by atoms with Crippen molar-refractivity contribution in [2.75, 3.05) is 26.2 Å². The molecule has 1 saturated heterocycles. The van der Waals surface area contributed by atoms with E-state index in [1.807, 2.05) is 4.90 Å². The van der Waals surface area contributed by atoms with Crippen molar-refractivity contribution in [3.8, 4) is 0 Å². The Bertz CT molecular complexity index is 754. The van der Waals surface area contributed by atoms with E-state index in [1.165, 1.54) is 37.8 Å². The number of halogens is 2. The summed E-state index contributed by atoms with van der Waals surface area (Å²) in [5.41, 5.74) is 0.870. The molecule has 0 atom stereocenters. The van der Waals surface area contributed by atoms with Gasteiger partial charge in [0.15, 0.2) is 0 Å². The maximum atomic E-state index is 12.6. The van der Waals surface area contributed by atoms with Gasteiger partial charge >= 0.3 is 5.76 Å². The van der Waals surface area contributed by atoms with Crippen LogP contribution in [-0.4, -0.2) is 56.1 Å². The zero-order valence-corrected chi connectivity index (χ0v) is 16.8. The van der Waals surface area contributed by atoms with Crippen molar-refractivity contribution >= 4 is 15.7 Å². The van der Waals surface area contributed by atoms with Gasteiger partial charge < -0.3 is 4.90 Å². The summed E-state index contributed by atoms with van der Waals surface area (Å²) >= 11 is 0. The summed E-state index contributed by atoms with van der Waals surface area (Å²) in [6, 6.07) is 5.63. The lowest BCUT2D eigenvalue weighted by atomic mass is 10.0. The molecule has 0 unspecified atom stereocenters. The molecule has 28 heavy (non-hydrogen) atoms. The monoisotopic (exact) mass is 414 g/mol. The highest BCUT2D eigenvalue weighted by Gasteiger charge is 2.27. The molecule has 156 valence electrons. The molecule has 0 bridgehead atoms. The Labute approximate surface area is 165 Å². The number of sulfone groups is 1. The van der Waals surface area contributed by atoms with E-state index in [4.69, 9.17) is 0 Å². The van der Waals surface area contributed by atoms with E-state index in [0.29, 0.717) is 26.1 Å². The van der Waals surface area contributed by atoms with Gasteiger partial charge in [-0.05, 0) is 30.0 Å². The summed E-state index contributed by atoms with van der Waals surface area (Å²) in [6.45, 7) is 3.51. The first-order valence-electron chi connectivity index (χ1n) is 9.97. The maximum Gasteiger partial charge on any atom is 0.341 e. The summed E-state index contributed by atoms with van der Waals surface area (Å²) in [4.78, 5) is 16.2. The molecule has 1 aromatic rings. The number of hydrogen-bond donors (Lipinski definition) is 0. The zero-order valence-electron chi connectivity index (χ0n) is 16.0. The van der Waals surface area contributed by atoms with Crippen molar-refractivity contribution in [3.05, 3.63) is 29.8 Å². The van der Waals surface area contributed by atoms with Crippen LogP contribution < -0.4 is 0 Å². The molecule has 5 nitrogen and oxygen atoms in total. The van der Waals surface area contributed by atoms with Gasteiger partial charge in [0, 0.05) is 39.1 Å². The normalized spacial score (nSPS) is 19.5. The van der Waals surface area contributed by atoms with E-state index >= 15 is 0 Å². The fraction of sp³-hybridized carbons (Fsp3) is 0.650. The van der Waals surface area contributed by atoms with Crippen LogP contribution in [0.2, 0.25) is 0 Å². The Morgan fingerprint density at radius 2 is 1.64 bits per heavy atom. The second kappa shape index (κ2) is 9.31. The molecule has 3 rings (SSSR count). The number of piperazine rings is 1. The lowest BCUT2D eigenvalue weighted by Gasteiger charge is -2.35. The van der Waals surface area contributed by atoms with Gasteiger partial charge in [-0.3, -0.25) is 9.69 Å². The number of amides is 1. The smallest absolute Gasteiger partial charge is 0.340 e. The minimum absolute atomic E-state index is 0.244. The molecular weight excluding hydrogens is 386 g/mol. The third-order valence-electron chi connectivity index (χ3n) is 5.86. The van der Waals surface area contributed by atoms with Crippen LogP contribution in [0.4, 0.5) is 8.78 Å². The van der Waals surface area contributed by atoms with E-state index in [9.17, 15) is 22.0 Å². The summed E-state index contributed by atoms with van der Waals surface area (Å²) in [6.07, 6.45) is 6.77. The predicted octanol–water partition coefficient (Wildman–Crippen LogP) is 3.30. The number of nitrogens with zero attached hydrogens (tertiary/aromatic N) is 2. The molecule has 2 fully saturated rings. The molecule has 1 aliphatic carbocycles. The first-order valence-corrected chi connectivity index (χ1v) is 11.5. The maximum absolute atomic E-state index is 12.6. The fourth-order valence-corrected chi connectivity index (χ4v) is 4.81. The summed E-state index contributed by atoms with van der Waals surface area (Å²) in [5, 5.41) is 0. The summed E-state index contributed by atoms with van der Waals surface area (Å²) in [5.74, 6) is -2.44. The largest absolute Gasteiger partial charge is 0.341 e. The summed E-state index contributed by atoms with van der Waals surface area (Å²) in [7, 11) is -4.55. The van der Waals surface area contributed by atoms with Gasteiger partial charge in [0.05, 0.1) is 4.90 Å². The standard InChI is InChI=1S/C20H28F2N2O3S/c21-20(22)28(26,27)18-8-5-17(6-9-18)15-23-11-13-24(14-12-23)19(25)10-7-16-3-1-2-4-16/h5-6,8-9,16,20H,1-4,7,10-15H2. The van der Waals surface area contributed by atoms with E-state index < -0.39 is 15.6 Å². The van der Waals surface area contributed by atoms with E-state index in [0.717, 1.165) is 31.0 Å². The topological polar surface area (TPSA) is 57.7 Å². The number of carbonyl (C=O) groups excluding carboxylic acids is 1. The number of rotatable bonds is 7. The van der Waals surface area contributed by atoms with Gasteiger partial charge in [0.1, 0.15) is 0 Å². The van der Waals surface area contributed by atoms with Gasteiger partial charge in [0.2, 0.25) is 15.7 Å². The second-order valence-electron chi connectivity index (χ2n) is 7.80. The third-order valence-corrected chi connectivity index (χ3v) is 7.26. The van der Waals surface area contributed by atoms with Crippen molar-refractivity contribution < 1.29 is 22.0 Å². The average Bonchev–Trinajstić information content (AvgIpc) is 3.20. The molecular formula is C20H28F2N2O3S. The third kappa shape index (κ3) is 5.29. The highest BCUT2D eigenvalue weighted by atomic mass is 32.2. The Morgan fingerprint density at radius 1 is 1.04 bits per heavy atom. The van der Waals surface area contributed by atoms with Gasteiger partial charge in [-0.25, -0.2) is 8.42 Å². The predicted molar refractivity (Wildman–Crippen MR) is 103 cm³/mol. The van der Waals surface area contributed by atoms with Crippen molar-refractivity contribution in [2.24, 2.45) is 5.92 Å². The van der Waals surface area contributed by atoms with Crippen molar-refractivity contribution in [1.82, 2.24) is 9.80 Å². The number of carbonyl (C=O) groups is 1. The molecule has 0 N–H and O–H groups in total. The lowest BCUT2D eigenvalue weighted by Crippen LogP contribution is -2.48. The van der Waals surface area contributed by atoms with Crippen molar-refractivity contribution in [3.63, 3.8) is 0 Å². The fourth-order valence-electron chi connectivity index (χ4n) is 4.09. The first kappa shape index (κ1) is 21.2. The molecule has 2 aliphatic rings. The van der Waals surface area contributed by atoms with Crippen molar-refractivity contribution in [2.45, 2.75) is 55.7 Å². The molecule has 0 aromatic heterocycles. The van der Waals surface area contributed by atoms with Crippen LogP contribution >= 0.6 is 0 Å². The molecule has 0 spiro atoms. The van der Waals surface area contributed by atoms with E-state index in [2.05, 4.69) is 4.90 Å². The van der Waals surface area contributed by atoms with Crippen LogP contribution in [0, 0.1) is 5.92 Å². The minimum atomic E-state index is -4.55. The van der Waals surface area contributed by atoms with Crippen LogP contribution in [0.3, 0.4) is 0 Å². The molecule has 1 aromatic carbocycles. The van der Waals surface area contributed by atoms with Crippen LogP contribution in [0.15, 0.2) is 29.2 Å². The van der Waals surface area contributed by atoms with Gasteiger partial charge in [-0.15, -0.1) is 0 Å². The van der Waals surface area contributed by atoms with Crippen LogP contribution in [0.25, 0.3) is 0 Å². The molecule has 1 amide bonds. The molecule has 0 radical (unpaired) electrons.